The molecule has 6 nitrogen and oxygen atoms in total. The number of aromatic nitrogens is 3. The quantitative estimate of drug-likeness (QED) is 0.316. The van der Waals surface area contributed by atoms with Crippen LogP contribution in [-0.2, 0) is 4.43 Å². The van der Waals surface area contributed by atoms with Crippen LogP contribution in [-0.4, -0.2) is 53.2 Å². The van der Waals surface area contributed by atoms with Crippen LogP contribution in [0.15, 0.2) is 0 Å². The van der Waals surface area contributed by atoms with Gasteiger partial charge in [0.05, 0.1) is 23.6 Å². The summed E-state index contributed by atoms with van der Waals surface area (Å²) in [5.74, 6) is -0.503. The molecule has 2 atom stereocenters. The first-order valence-electron chi connectivity index (χ1n) is 10.2. The van der Waals surface area contributed by atoms with Crippen molar-refractivity contribution in [2.75, 3.05) is 18.1 Å². The zero-order chi connectivity index (χ0) is 23.4. The Labute approximate surface area is 198 Å². The molecule has 3 heterocycles. The van der Waals surface area contributed by atoms with Gasteiger partial charge in [0.2, 0.25) is 5.28 Å². The lowest BCUT2D eigenvalue weighted by molar-refractivity contribution is -0.00947. The first-order chi connectivity index (χ1) is 14.2. The Balaban J connectivity index is 2.11. The molecule has 0 bridgehead atoms. The van der Waals surface area contributed by atoms with Gasteiger partial charge < -0.3 is 14.4 Å². The number of anilines is 1. The number of piperidine rings is 1. The third-order valence-corrected chi connectivity index (χ3v) is 11.7. The molecule has 0 aliphatic carbocycles. The summed E-state index contributed by atoms with van der Waals surface area (Å²) in [7, 11) is -2.09. The molecular formula is C20H28Cl3FN4O2Si. The number of pyridine rings is 1. The van der Waals surface area contributed by atoms with Gasteiger partial charge in [-0.15, -0.1) is 0 Å². The molecule has 1 aliphatic rings. The maximum absolute atomic E-state index is 14.7. The van der Waals surface area contributed by atoms with E-state index in [4.69, 9.17) is 39.2 Å². The predicted molar refractivity (Wildman–Crippen MR) is 126 cm³/mol. The van der Waals surface area contributed by atoms with Gasteiger partial charge in [0, 0.05) is 6.54 Å². The minimum Gasteiger partial charge on any atom is -0.415 e. The van der Waals surface area contributed by atoms with Crippen molar-refractivity contribution in [3.63, 3.8) is 0 Å². The highest BCUT2D eigenvalue weighted by atomic mass is 35.5. The second-order valence-electron chi connectivity index (χ2n) is 9.79. The van der Waals surface area contributed by atoms with E-state index >= 15 is 0 Å². The summed E-state index contributed by atoms with van der Waals surface area (Å²) in [6, 6.07) is -0.445. The van der Waals surface area contributed by atoms with Crippen LogP contribution in [0.5, 0.6) is 0 Å². The first-order valence-corrected chi connectivity index (χ1v) is 14.2. The molecule has 1 aliphatic heterocycles. The molecular weight excluding hydrogens is 482 g/mol. The molecule has 0 saturated carbocycles. The minimum atomic E-state index is -2.09. The average molecular weight is 510 g/mol. The van der Waals surface area contributed by atoms with Crippen LogP contribution in [0.25, 0.3) is 10.9 Å². The van der Waals surface area contributed by atoms with Gasteiger partial charge in [0.15, 0.2) is 19.3 Å². The van der Waals surface area contributed by atoms with E-state index in [1.165, 1.54) is 0 Å². The summed E-state index contributed by atoms with van der Waals surface area (Å²) in [5.41, 5.74) is -1.16. The van der Waals surface area contributed by atoms with Crippen molar-refractivity contribution in [3.05, 3.63) is 21.4 Å². The first kappa shape index (κ1) is 24.9. The van der Waals surface area contributed by atoms with Crippen molar-refractivity contribution < 1.29 is 13.9 Å². The highest BCUT2D eigenvalue weighted by Crippen LogP contribution is 2.41. The van der Waals surface area contributed by atoms with E-state index in [-0.39, 0.29) is 38.1 Å². The van der Waals surface area contributed by atoms with Crippen LogP contribution in [0.2, 0.25) is 33.7 Å². The van der Waals surface area contributed by atoms with E-state index < -0.39 is 25.8 Å². The number of hydrogen-bond donors (Lipinski definition) is 1. The monoisotopic (exact) mass is 508 g/mol. The Morgan fingerprint density at radius 1 is 1.19 bits per heavy atom. The highest BCUT2D eigenvalue weighted by Gasteiger charge is 2.44. The fraction of sp³-hybridized carbons (Fsp3) is 0.650. The van der Waals surface area contributed by atoms with Crippen molar-refractivity contribution in [3.8, 4) is 0 Å². The van der Waals surface area contributed by atoms with Crippen molar-refractivity contribution in [2.45, 2.75) is 70.3 Å². The van der Waals surface area contributed by atoms with Crippen LogP contribution in [0.1, 0.15) is 40.5 Å². The zero-order valence-electron chi connectivity index (χ0n) is 18.6. The maximum Gasteiger partial charge on any atom is 0.225 e. The van der Waals surface area contributed by atoms with E-state index in [0.717, 1.165) is 0 Å². The normalized spacial score (nSPS) is 22.9. The molecule has 31 heavy (non-hydrogen) atoms. The molecule has 2 unspecified atom stereocenters. The molecule has 0 radical (unpaired) electrons. The topological polar surface area (TPSA) is 71.4 Å². The summed E-state index contributed by atoms with van der Waals surface area (Å²) in [6.45, 7) is 13.4. The van der Waals surface area contributed by atoms with Crippen LogP contribution in [0.3, 0.4) is 0 Å². The largest absolute Gasteiger partial charge is 0.415 e. The lowest BCUT2D eigenvalue weighted by Gasteiger charge is -2.48. The van der Waals surface area contributed by atoms with E-state index in [2.05, 4.69) is 48.8 Å². The number of halogens is 4. The SMILES string of the molecule is CC1(O)CCCN(c2nc(Cl)nc3c(F)c(Cl)nc(Cl)c23)C1CO[Si](C)(C)C(C)(C)C. The van der Waals surface area contributed by atoms with E-state index in [9.17, 15) is 9.50 Å². The van der Waals surface area contributed by atoms with Gasteiger partial charge in [-0.25, -0.2) is 14.4 Å². The molecule has 1 saturated heterocycles. The van der Waals surface area contributed by atoms with Gasteiger partial charge in [-0.05, 0) is 49.5 Å². The second-order valence-corrected chi connectivity index (χ2v) is 15.7. The third-order valence-electron chi connectivity index (χ3n) is 6.51. The maximum atomic E-state index is 14.7. The number of hydrogen-bond acceptors (Lipinski definition) is 6. The van der Waals surface area contributed by atoms with Gasteiger partial charge in [-0.1, -0.05) is 44.0 Å². The van der Waals surface area contributed by atoms with Crippen molar-refractivity contribution in [2.24, 2.45) is 0 Å². The summed E-state index contributed by atoms with van der Waals surface area (Å²) >= 11 is 18.3. The Hall–Kier alpha value is -0.773. The van der Waals surface area contributed by atoms with Gasteiger partial charge in [-0.2, -0.15) is 4.98 Å². The standard InChI is InChI=1S/C20H28Cl3FN4O2Si/c1-19(2,3)31(5,6)30-10-11-20(4,29)8-7-9-28(11)17-12-14(25-18(23)27-17)13(24)16(22)26-15(12)21/h11,29H,7-10H2,1-6H3. The van der Waals surface area contributed by atoms with Gasteiger partial charge in [0.25, 0.3) is 0 Å². The summed E-state index contributed by atoms with van der Waals surface area (Å²) in [5, 5.41) is 10.9. The van der Waals surface area contributed by atoms with Crippen molar-refractivity contribution >= 4 is 59.8 Å². The second kappa shape index (κ2) is 8.54. The molecule has 172 valence electrons. The van der Waals surface area contributed by atoms with Gasteiger partial charge in [0.1, 0.15) is 16.5 Å². The van der Waals surface area contributed by atoms with E-state index in [1.54, 1.807) is 6.92 Å². The van der Waals surface area contributed by atoms with Gasteiger partial charge in [-0.3, -0.25) is 0 Å². The number of nitrogens with zero attached hydrogens (tertiary/aromatic N) is 4. The van der Waals surface area contributed by atoms with Crippen LogP contribution in [0, 0.1) is 5.82 Å². The van der Waals surface area contributed by atoms with Crippen molar-refractivity contribution in [1.82, 2.24) is 15.0 Å². The number of aliphatic hydroxyl groups is 1. The molecule has 3 rings (SSSR count). The molecule has 1 N–H and O–H groups in total. The third kappa shape index (κ3) is 4.79. The van der Waals surface area contributed by atoms with Crippen LogP contribution < -0.4 is 4.90 Å². The Morgan fingerprint density at radius 3 is 2.45 bits per heavy atom. The molecule has 11 heteroatoms. The summed E-state index contributed by atoms with van der Waals surface area (Å²) in [4.78, 5) is 14.1. The lowest BCUT2D eigenvalue weighted by Crippen LogP contribution is -2.59. The van der Waals surface area contributed by atoms with E-state index in [0.29, 0.717) is 25.2 Å². The Kier molecular flexibility index (Phi) is 6.85. The lowest BCUT2D eigenvalue weighted by atomic mass is 9.86. The average Bonchev–Trinajstić information content (AvgIpc) is 2.62. The Bertz CT molecular complexity index is 1000. The predicted octanol–water partition coefficient (Wildman–Crippen LogP) is 5.87. The summed E-state index contributed by atoms with van der Waals surface area (Å²) in [6.07, 6.45) is 1.30. The summed E-state index contributed by atoms with van der Waals surface area (Å²) < 4.78 is 21.2. The van der Waals surface area contributed by atoms with Crippen LogP contribution in [0.4, 0.5) is 10.2 Å². The Morgan fingerprint density at radius 2 is 1.84 bits per heavy atom. The van der Waals surface area contributed by atoms with Crippen LogP contribution >= 0.6 is 34.8 Å². The van der Waals surface area contributed by atoms with E-state index in [1.807, 2.05) is 4.90 Å². The van der Waals surface area contributed by atoms with Gasteiger partial charge >= 0.3 is 0 Å². The highest BCUT2D eigenvalue weighted by molar-refractivity contribution is 6.74. The fourth-order valence-corrected chi connectivity index (χ4v) is 5.21. The zero-order valence-corrected chi connectivity index (χ0v) is 21.8. The molecule has 1 fully saturated rings. The minimum absolute atomic E-state index is 0.0103. The molecule has 0 spiro atoms. The molecule has 0 aromatic carbocycles. The van der Waals surface area contributed by atoms with Crippen molar-refractivity contribution in [1.29, 1.82) is 0 Å². The molecule has 2 aromatic rings. The fourth-order valence-electron chi connectivity index (χ4n) is 3.56. The molecule has 2 aromatic heterocycles. The number of fused-ring (bicyclic) bond motifs is 1. The smallest absolute Gasteiger partial charge is 0.225 e. The molecule has 0 amide bonds. The number of rotatable bonds is 4.